The third-order valence-corrected chi connectivity index (χ3v) is 3.94. The van der Waals surface area contributed by atoms with Gasteiger partial charge in [-0.1, -0.05) is 12.1 Å². The van der Waals surface area contributed by atoms with E-state index >= 15 is 0 Å². The molecule has 4 nitrogen and oxygen atoms in total. The average Bonchev–Trinajstić information content (AvgIpc) is 2.92. The Hall–Kier alpha value is -2.56. The van der Waals surface area contributed by atoms with E-state index < -0.39 is 11.7 Å². The fourth-order valence-corrected chi connectivity index (χ4v) is 2.83. The highest BCUT2D eigenvalue weighted by Gasteiger charge is 2.22. The molecule has 3 rings (SSSR count). The van der Waals surface area contributed by atoms with Crippen LogP contribution in [0.2, 0.25) is 0 Å². The minimum atomic E-state index is -0.536. The highest BCUT2D eigenvalue weighted by Crippen LogP contribution is 2.35. The molecule has 126 valence electrons. The number of hydrogen-bond donors (Lipinski definition) is 1. The summed E-state index contributed by atoms with van der Waals surface area (Å²) >= 11 is 0. The Balaban J connectivity index is 1.78. The first-order valence-corrected chi connectivity index (χ1v) is 8.06. The molecule has 24 heavy (non-hydrogen) atoms. The molecule has 0 bridgehead atoms. The van der Waals surface area contributed by atoms with Crippen molar-refractivity contribution in [1.29, 1.82) is 0 Å². The zero-order valence-electron chi connectivity index (χ0n) is 13.8. The van der Waals surface area contributed by atoms with E-state index in [2.05, 4.69) is 5.32 Å². The summed E-state index contributed by atoms with van der Waals surface area (Å²) in [5, 5.41) is 2.74. The molecule has 0 saturated heterocycles. The van der Waals surface area contributed by atoms with Crippen LogP contribution in [0.15, 0.2) is 36.4 Å². The molecular weight excluding hydrogens is 309 g/mol. The summed E-state index contributed by atoms with van der Waals surface area (Å²) in [6.07, 6.45) is 0.981. The fourth-order valence-electron chi connectivity index (χ4n) is 2.83. The lowest BCUT2D eigenvalue weighted by molar-refractivity contribution is 0.0946. The zero-order chi connectivity index (χ0) is 17.1. The average molecular weight is 329 g/mol. The Morgan fingerprint density at radius 3 is 2.92 bits per heavy atom. The maximum Gasteiger partial charge on any atom is 0.254 e. The van der Waals surface area contributed by atoms with Crippen LogP contribution >= 0.6 is 0 Å². The normalized spacial score (nSPS) is 15.5. The molecule has 1 heterocycles. The van der Waals surface area contributed by atoms with Crippen LogP contribution in [0.25, 0.3) is 0 Å². The van der Waals surface area contributed by atoms with Crippen molar-refractivity contribution in [2.24, 2.45) is 0 Å². The summed E-state index contributed by atoms with van der Waals surface area (Å²) in [5.74, 6) is 0.556. The van der Waals surface area contributed by atoms with Crippen LogP contribution in [0.1, 0.15) is 35.3 Å². The summed E-state index contributed by atoms with van der Waals surface area (Å²) in [4.78, 5) is 12.2. The Kier molecular flexibility index (Phi) is 4.69. The summed E-state index contributed by atoms with van der Waals surface area (Å²) in [5.41, 5.74) is 1.95. The van der Waals surface area contributed by atoms with Crippen LogP contribution in [0.5, 0.6) is 11.5 Å². The highest BCUT2D eigenvalue weighted by molar-refractivity contribution is 5.94. The van der Waals surface area contributed by atoms with Crippen molar-refractivity contribution in [3.05, 3.63) is 58.9 Å². The molecule has 0 aliphatic carbocycles. The van der Waals surface area contributed by atoms with Crippen molar-refractivity contribution in [1.82, 2.24) is 5.32 Å². The molecule has 2 aromatic rings. The first-order chi connectivity index (χ1) is 11.6. The smallest absolute Gasteiger partial charge is 0.254 e. The van der Waals surface area contributed by atoms with E-state index in [-0.39, 0.29) is 18.2 Å². The number of ether oxygens (including phenoxy) is 2. The van der Waals surface area contributed by atoms with E-state index in [0.717, 1.165) is 29.0 Å². The number of benzene rings is 2. The van der Waals surface area contributed by atoms with Crippen LogP contribution in [0.3, 0.4) is 0 Å². The van der Waals surface area contributed by atoms with Crippen LogP contribution in [-0.2, 0) is 13.0 Å². The van der Waals surface area contributed by atoms with Gasteiger partial charge in [0.15, 0.2) is 0 Å². The monoisotopic (exact) mass is 329 g/mol. The molecule has 2 aromatic carbocycles. The standard InChI is InChI=1S/C19H20FNO3/c1-3-23-17-9-13-8-12(2)24-18(13)10-14(17)11-21-19(22)15-6-4-5-7-16(15)20/h4-7,9-10,12H,3,8,11H2,1-2H3,(H,21,22)/t12-/m0/s1. The summed E-state index contributed by atoms with van der Waals surface area (Å²) in [6, 6.07) is 9.78. The van der Waals surface area contributed by atoms with Crippen molar-refractivity contribution >= 4 is 5.91 Å². The van der Waals surface area contributed by atoms with Crippen LogP contribution < -0.4 is 14.8 Å². The number of carbonyl (C=O) groups excluding carboxylic acids is 1. The SMILES string of the molecule is CCOc1cc2c(cc1CNC(=O)c1ccccc1F)O[C@@H](C)C2. The number of rotatable bonds is 5. The Labute approximate surface area is 140 Å². The number of carbonyl (C=O) groups is 1. The van der Waals surface area contributed by atoms with Crippen molar-refractivity contribution in [3.63, 3.8) is 0 Å². The summed E-state index contributed by atoms with van der Waals surface area (Å²) < 4.78 is 25.1. The lowest BCUT2D eigenvalue weighted by Gasteiger charge is -2.13. The van der Waals surface area contributed by atoms with Gasteiger partial charge in [0.2, 0.25) is 0 Å². The first kappa shape index (κ1) is 16.3. The first-order valence-electron chi connectivity index (χ1n) is 8.06. The third-order valence-electron chi connectivity index (χ3n) is 3.94. The summed E-state index contributed by atoms with van der Waals surface area (Å²) in [6.45, 7) is 4.70. The molecule has 1 atom stereocenters. The topological polar surface area (TPSA) is 47.6 Å². The highest BCUT2D eigenvalue weighted by atomic mass is 19.1. The molecular formula is C19H20FNO3. The second-order valence-electron chi connectivity index (χ2n) is 5.80. The minimum Gasteiger partial charge on any atom is -0.494 e. The second kappa shape index (κ2) is 6.91. The predicted molar refractivity (Wildman–Crippen MR) is 89.0 cm³/mol. The molecule has 0 fully saturated rings. The van der Waals surface area contributed by atoms with Crippen molar-refractivity contribution in [2.45, 2.75) is 32.9 Å². The molecule has 1 aliphatic heterocycles. The zero-order valence-corrected chi connectivity index (χ0v) is 13.8. The van der Waals surface area contributed by atoms with E-state index in [1.165, 1.54) is 12.1 Å². The van der Waals surface area contributed by atoms with Crippen LogP contribution in [0, 0.1) is 5.82 Å². The lowest BCUT2D eigenvalue weighted by atomic mass is 10.1. The van der Waals surface area contributed by atoms with E-state index in [1.807, 2.05) is 26.0 Å². The molecule has 0 saturated carbocycles. The van der Waals surface area contributed by atoms with E-state index in [9.17, 15) is 9.18 Å². The van der Waals surface area contributed by atoms with Gasteiger partial charge in [0, 0.05) is 24.1 Å². The molecule has 5 heteroatoms. The largest absolute Gasteiger partial charge is 0.494 e. The van der Waals surface area contributed by atoms with Gasteiger partial charge in [-0.3, -0.25) is 4.79 Å². The number of hydrogen-bond acceptors (Lipinski definition) is 3. The van der Waals surface area contributed by atoms with Crippen molar-refractivity contribution in [3.8, 4) is 11.5 Å². The van der Waals surface area contributed by atoms with E-state index in [1.54, 1.807) is 12.1 Å². The summed E-state index contributed by atoms with van der Waals surface area (Å²) in [7, 11) is 0. The molecule has 1 amide bonds. The predicted octanol–water partition coefficient (Wildman–Crippen LogP) is 3.48. The molecule has 0 aromatic heterocycles. The van der Waals surface area contributed by atoms with Crippen molar-refractivity contribution < 1.29 is 18.7 Å². The van der Waals surface area contributed by atoms with Crippen LogP contribution in [-0.4, -0.2) is 18.6 Å². The van der Waals surface area contributed by atoms with Gasteiger partial charge in [-0.25, -0.2) is 4.39 Å². The number of nitrogens with one attached hydrogen (secondary N) is 1. The van der Waals surface area contributed by atoms with Gasteiger partial charge < -0.3 is 14.8 Å². The Bertz CT molecular complexity index is 760. The molecule has 0 unspecified atom stereocenters. The minimum absolute atomic E-state index is 0.0292. The molecule has 1 N–H and O–H groups in total. The number of amides is 1. The maximum atomic E-state index is 13.7. The van der Waals surface area contributed by atoms with Gasteiger partial charge in [-0.05, 0) is 38.1 Å². The van der Waals surface area contributed by atoms with Gasteiger partial charge in [0.1, 0.15) is 23.4 Å². The molecule has 0 spiro atoms. The number of halogens is 1. The van der Waals surface area contributed by atoms with E-state index in [0.29, 0.717) is 6.61 Å². The van der Waals surface area contributed by atoms with Crippen LogP contribution in [0.4, 0.5) is 4.39 Å². The second-order valence-corrected chi connectivity index (χ2v) is 5.80. The van der Waals surface area contributed by atoms with Gasteiger partial charge in [0.25, 0.3) is 5.91 Å². The van der Waals surface area contributed by atoms with Gasteiger partial charge in [-0.15, -0.1) is 0 Å². The van der Waals surface area contributed by atoms with Crippen molar-refractivity contribution in [2.75, 3.05) is 6.61 Å². The third kappa shape index (κ3) is 3.35. The molecule has 1 aliphatic rings. The number of fused-ring (bicyclic) bond motifs is 1. The Morgan fingerprint density at radius 2 is 2.17 bits per heavy atom. The fraction of sp³-hybridized carbons (Fsp3) is 0.316. The van der Waals surface area contributed by atoms with Gasteiger partial charge in [-0.2, -0.15) is 0 Å². The van der Waals surface area contributed by atoms with Gasteiger partial charge >= 0.3 is 0 Å². The Morgan fingerprint density at radius 1 is 1.38 bits per heavy atom. The maximum absolute atomic E-state index is 13.7. The van der Waals surface area contributed by atoms with Gasteiger partial charge in [0.05, 0.1) is 12.2 Å². The lowest BCUT2D eigenvalue weighted by Crippen LogP contribution is -2.24. The van der Waals surface area contributed by atoms with E-state index in [4.69, 9.17) is 9.47 Å². The quantitative estimate of drug-likeness (QED) is 0.913. The molecule has 0 radical (unpaired) electrons.